The van der Waals surface area contributed by atoms with Crippen LogP contribution in [0.15, 0.2) is 35.5 Å². The maximum Gasteiger partial charge on any atom is -0.0277 e. The lowest BCUT2D eigenvalue weighted by molar-refractivity contribution is 0.677. The fraction of sp³-hybridized carbons (Fsp3) is 0.500. The largest absolute Gasteiger partial charge is 0.0991 e. The molecule has 0 saturated carbocycles. The van der Waals surface area contributed by atoms with Gasteiger partial charge in [0.15, 0.2) is 0 Å². The summed E-state index contributed by atoms with van der Waals surface area (Å²) in [6.07, 6.45) is 9.28. The Hall–Kier alpha value is -0.780. The van der Waals surface area contributed by atoms with E-state index in [1.165, 1.54) is 31.3 Å². The minimum absolute atomic E-state index is 1.27. The van der Waals surface area contributed by atoms with Gasteiger partial charge in [0.1, 0.15) is 0 Å². The predicted molar refractivity (Wildman–Crippen MR) is 55.1 cm³/mol. The zero-order valence-electron chi connectivity index (χ0n) is 8.19. The second kappa shape index (κ2) is 4.30. The maximum absolute atomic E-state index is 3.72. The van der Waals surface area contributed by atoms with Gasteiger partial charge in [-0.25, -0.2) is 0 Å². The van der Waals surface area contributed by atoms with Gasteiger partial charge >= 0.3 is 0 Å². The lowest BCUT2D eigenvalue weighted by atomic mass is 9.88. The molecule has 0 heterocycles. The quantitative estimate of drug-likeness (QED) is 0.538. The van der Waals surface area contributed by atoms with Gasteiger partial charge in [0, 0.05) is 0 Å². The SMILES string of the molecule is C=C/C=C(/C)C1=C(C)CCCC1. The third-order valence-electron chi connectivity index (χ3n) is 2.59. The topological polar surface area (TPSA) is 0 Å². The first kappa shape index (κ1) is 9.31. The lowest BCUT2D eigenvalue weighted by Crippen LogP contribution is -1.98. The van der Waals surface area contributed by atoms with Crippen LogP contribution in [0.5, 0.6) is 0 Å². The molecule has 1 aliphatic carbocycles. The molecule has 0 unspecified atom stereocenters. The molecule has 0 heteroatoms. The molecule has 0 aromatic heterocycles. The van der Waals surface area contributed by atoms with E-state index in [0.29, 0.717) is 0 Å². The first-order valence-electron chi connectivity index (χ1n) is 4.74. The molecular weight excluding hydrogens is 144 g/mol. The summed E-state index contributed by atoms with van der Waals surface area (Å²) in [6, 6.07) is 0. The van der Waals surface area contributed by atoms with Crippen molar-refractivity contribution in [2.75, 3.05) is 0 Å². The van der Waals surface area contributed by atoms with Crippen molar-refractivity contribution in [3.8, 4) is 0 Å². The number of hydrogen-bond acceptors (Lipinski definition) is 0. The molecule has 0 amide bonds. The summed E-state index contributed by atoms with van der Waals surface area (Å²) in [5.74, 6) is 0. The van der Waals surface area contributed by atoms with Crippen molar-refractivity contribution < 1.29 is 0 Å². The van der Waals surface area contributed by atoms with E-state index in [0.717, 1.165) is 0 Å². The highest BCUT2D eigenvalue weighted by Crippen LogP contribution is 2.29. The molecule has 0 fully saturated rings. The average molecular weight is 162 g/mol. The van der Waals surface area contributed by atoms with Crippen molar-refractivity contribution >= 4 is 0 Å². The van der Waals surface area contributed by atoms with Crippen LogP contribution in [0, 0.1) is 0 Å². The van der Waals surface area contributed by atoms with Gasteiger partial charge in [-0.3, -0.25) is 0 Å². The second-order valence-electron chi connectivity index (χ2n) is 3.55. The lowest BCUT2D eigenvalue weighted by Gasteiger charge is -2.17. The smallest absolute Gasteiger partial charge is 0.0277 e. The van der Waals surface area contributed by atoms with Gasteiger partial charge in [-0.05, 0) is 50.7 Å². The summed E-state index contributed by atoms with van der Waals surface area (Å²) in [5.41, 5.74) is 4.56. The van der Waals surface area contributed by atoms with Gasteiger partial charge in [0.2, 0.25) is 0 Å². The molecular formula is C12H18. The summed E-state index contributed by atoms with van der Waals surface area (Å²) >= 11 is 0. The van der Waals surface area contributed by atoms with Gasteiger partial charge in [-0.15, -0.1) is 0 Å². The Kier molecular flexibility index (Phi) is 3.33. The van der Waals surface area contributed by atoms with Crippen molar-refractivity contribution in [3.05, 3.63) is 35.5 Å². The number of hydrogen-bond donors (Lipinski definition) is 0. The molecule has 0 aliphatic heterocycles. The summed E-state index contributed by atoms with van der Waals surface area (Å²) < 4.78 is 0. The first-order chi connectivity index (χ1) is 5.75. The first-order valence-corrected chi connectivity index (χ1v) is 4.74. The minimum atomic E-state index is 1.27. The fourth-order valence-corrected chi connectivity index (χ4v) is 1.87. The Morgan fingerprint density at radius 3 is 2.58 bits per heavy atom. The average Bonchev–Trinajstić information content (AvgIpc) is 2.05. The molecule has 0 radical (unpaired) electrons. The molecule has 1 rings (SSSR count). The normalized spacial score (nSPS) is 19.7. The fourth-order valence-electron chi connectivity index (χ4n) is 1.87. The standard InChI is InChI=1S/C12H18/c1-4-7-10(2)12-9-6-5-8-11(12)3/h4,7H,1,5-6,8-9H2,2-3H3/b10-7-. The summed E-state index contributed by atoms with van der Waals surface area (Å²) in [6.45, 7) is 8.17. The number of allylic oxidation sites excluding steroid dienone is 5. The van der Waals surface area contributed by atoms with E-state index in [1.807, 2.05) is 6.08 Å². The van der Waals surface area contributed by atoms with Gasteiger partial charge in [0.25, 0.3) is 0 Å². The highest BCUT2D eigenvalue weighted by atomic mass is 14.1. The molecule has 0 saturated heterocycles. The number of rotatable bonds is 2. The molecule has 1 aliphatic rings. The van der Waals surface area contributed by atoms with Gasteiger partial charge in [-0.1, -0.05) is 24.3 Å². The van der Waals surface area contributed by atoms with Crippen LogP contribution in [0.4, 0.5) is 0 Å². The van der Waals surface area contributed by atoms with Crippen LogP contribution in [0.2, 0.25) is 0 Å². The Morgan fingerprint density at radius 1 is 1.33 bits per heavy atom. The molecule has 0 atom stereocenters. The van der Waals surface area contributed by atoms with Gasteiger partial charge in [-0.2, -0.15) is 0 Å². The molecule has 0 nitrogen and oxygen atoms in total. The summed E-state index contributed by atoms with van der Waals surface area (Å²) in [5, 5.41) is 0. The van der Waals surface area contributed by atoms with Crippen molar-refractivity contribution in [2.45, 2.75) is 39.5 Å². The zero-order valence-corrected chi connectivity index (χ0v) is 8.19. The summed E-state index contributed by atoms with van der Waals surface area (Å²) in [7, 11) is 0. The molecule has 0 spiro atoms. The monoisotopic (exact) mass is 162 g/mol. The highest BCUT2D eigenvalue weighted by molar-refractivity contribution is 5.36. The van der Waals surface area contributed by atoms with E-state index in [4.69, 9.17) is 0 Å². The highest BCUT2D eigenvalue weighted by Gasteiger charge is 2.09. The van der Waals surface area contributed by atoms with Crippen molar-refractivity contribution in [1.29, 1.82) is 0 Å². The van der Waals surface area contributed by atoms with Crippen LogP contribution in [0.3, 0.4) is 0 Å². The third-order valence-corrected chi connectivity index (χ3v) is 2.59. The van der Waals surface area contributed by atoms with E-state index in [9.17, 15) is 0 Å². The van der Waals surface area contributed by atoms with E-state index >= 15 is 0 Å². The van der Waals surface area contributed by atoms with Crippen LogP contribution >= 0.6 is 0 Å². The summed E-state index contributed by atoms with van der Waals surface area (Å²) in [4.78, 5) is 0. The van der Waals surface area contributed by atoms with Crippen LogP contribution in [0.25, 0.3) is 0 Å². The zero-order chi connectivity index (χ0) is 8.97. The molecule has 0 aromatic carbocycles. The van der Waals surface area contributed by atoms with E-state index in [-0.39, 0.29) is 0 Å². The Morgan fingerprint density at radius 2 is 2.00 bits per heavy atom. The van der Waals surface area contributed by atoms with Crippen molar-refractivity contribution in [3.63, 3.8) is 0 Å². The van der Waals surface area contributed by atoms with Gasteiger partial charge < -0.3 is 0 Å². The third kappa shape index (κ3) is 2.10. The van der Waals surface area contributed by atoms with Crippen LogP contribution in [-0.4, -0.2) is 0 Å². The molecule has 0 aromatic rings. The van der Waals surface area contributed by atoms with Crippen LogP contribution in [0.1, 0.15) is 39.5 Å². The van der Waals surface area contributed by atoms with Crippen molar-refractivity contribution in [2.24, 2.45) is 0 Å². The van der Waals surface area contributed by atoms with Crippen LogP contribution < -0.4 is 0 Å². The minimum Gasteiger partial charge on any atom is -0.0991 e. The second-order valence-corrected chi connectivity index (χ2v) is 3.55. The molecule has 0 bridgehead atoms. The molecule has 12 heavy (non-hydrogen) atoms. The Balaban J connectivity index is 2.84. The maximum atomic E-state index is 3.72. The van der Waals surface area contributed by atoms with E-state index < -0.39 is 0 Å². The van der Waals surface area contributed by atoms with E-state index in [1.54, 1.807) is 11.1 Å². The Labute approximate surface area is 75.7 Å². The Bertz CT molecular complexity index is 223. The van der Waals surface area contributed by atoms with Gasteiger partial charge in [0.05, 0.1) is 0 Å². The van der Waals surface area contributed by atoms with E-state index in [2.05, 4.69) is 26.5 Å². The molecule has 0 N–H and O–H groups in total. The van der Waals surface area contributed by atoms with Crippen LogP contribution in [-0.2, 0) is 0 Å². The predicted octanol–water partition coefficient (Wildman–Crippen LogP) is 4.01. The van der Waals surface area contributed by atoms with Crippen molar-refractivity contribution in [1.82, 2.24) is 0 Å². The molecule has 66 valence electrons.